The minimum Gasteiger partial charge on any atom is -0.385 e. The van der Waals surface area contributed by atoms with Gasteiger partial charge in [-0.1, -0.05) is 126 Å². The molecule has 0 saturated heterocycles. The number of rotatable bonds is 9. The van der Waals surface area contributed by atoms with Crippen LogP contribution in [-0.2, 0) is 24.4 Å². The Morgan fingerprint density at radius 1 is 0.314 bits per heavy atom. The van der Waals surface area contributed by atoms with Crippen LogP contribution in [0.1, 0.15) is 76.8 Å². The summed E-state index contributed by atoms with van der Waals surface area (Å²) >= 11 is 0. The zero-order valence-electron chi connectivity index (χ0n) is 38.8. The van der Waals surface area contributed by atoms with Crippen molar-refractivity contribution in [2.75, 3.05) is 23.7 Å². The number of carbonyl (C=O) groups excluding carboxylic acids is 5. The Morgan fingerprint density at radius 3 is 0.629 bits per heavy atom. The maximum Gasteiger partial charge on any atom is 0.372 e. The third-order valence-electron chi connectivity index (χ3n) is 8.33. The second-order valence-corrected chi connectivity index (χ2v) is 13.5. The summed E-state index contributed by atoms with van der Waals surface area (Å²) in [6.45, 7) is 10.4. The highest BCUT2D eigenvalue weighted by Gasteiger charge is 2.06. The number of benzene rings is 7. The van der Waals surface area contributed by atoms with E-state index in [2.05, 4.69) is 111 Å². The molecule has 17 nitrogen and oxygen atoms in total. The molecule has 17 heteroatoms. The smallest absolute Gasteiger partial charge is 0.372 e. The molecule has 0 aliphatic heterocycles. The van der Waals surface area contributed by atoms with E-state index in [1.807, 2.05) is 0 Å². The second kappa shape index (κ2) is 37.4. The van der Waals surface area contributed by atoms with Gasteiger partial charge in [0, 0.05) is 24.5 Å². The topological polar surface area (TPSA) is 257 Å². The van der Waals surface area contributed by atoms with E-state index in [9.17, 15) is 24.0 Å². The molecule has 0 spiro atoms. The Labute approximate surface area is 405 Å². The van der Waals surface area contributed by atoms with Crippen LogP contribution in [0, 0.1) is 13.8 Å². The predicted molar refractivity (Wildman–Crippen MR) is 263 cm³/mol. The average Bonchev–Trinajstić information content (AvgIpc) is 3.43. The van der Waals surface area contributed by atoms with Crippen molar-refractivity contribution < 1.29 is 74.7 Å². The molecule has 7 rings (SSSR count). The van der Waals surface area contributed by atoms with Gasteiger partial charge in [0.05, 0.1) is 27.8 Å². The lowest BCUT2D eigenvalue weighted by Gasteiger charge is -2.01. The molecule has 368 valence electrons. The minimum atomic E-state index is -0.736. The van der Waals surface area contributed by atoms with Crippen LogP contribution >= 0.6 is 0 Å². The molecular formula is C53H56N2O15. The summed E-state index contributed by atoms with van der Waals surface area (Å²) in [6, 6.07) is 58.1. The van der Waals surface area contributed by atoms with E-state index >= 15 is 0 Å². The molecule has 0 fully saturated rings. The maximum absolute atomic E-state index is 10.5. The van der Waals surface area contributed by atoms with Gasteiger partial charge in [0.1, 0.15) is 0 Å². The summed E-state index contributed by atoms with van der Waals surface area (Å²) in [5.41, 5.74) is 6.71. The summed E-state index contributed by atoms with van der Waals surface area (Å²) in [5.74, 6) is -3.68. The third kappa shape index (κ3) is 26.4. The maximum atomic E-state index is 10.5. The third-order valence-corrected chi connectivity index (χ3v) is 8.33. The molecule has 7 N–H and O–H groups in total. The summed E-state index contributed by atoms with van der Waals surface area (Å²) in [4.78, 5) is 70.2. The van der Waals surface area contributed by atoms with Gasteiger partial charge in [-0.3, -0.25) is 24.4 Å². The highest BCUT2D eigenvalue weighted by Crippen LogP contribution is 2.09. The van der Waals surface area contributed by atoms with Crippen LogP contribution in [0.4, 0.5) is 11.4 Å². The van der Waals surface area contributed by atoms with E-state index in [4.69, 9.17) is 26.3 Å². The zero-order chi connectivity index (χ0) is 51.8. The fourth-order valence-electron chi connectivity index (χ4n) is 4.89. The van der Waals surface area contributed by atoms with Crippen molar-refractivity contribution in [2.45, 2.75) is 27.7 Å². The SMILES string of the molecule is CCNc1ccc(C)cc1.CCNc1ccc(C)cc1.O=C(OO)c1ccccc1.O=C(OO)c1ccccc1.O=C(OO)c1ccccc1.O=C(OO)c1ccccc1.O=C(OO)c1ccccc1. The minimum absolute atomic E-state index is 0.338. The monoisotopic (exact) mass is 960 g/mol. The molecule has 0 amide bonds. The summed E-state index contributed by atoms with van der Waals surface area (Å²) in [6.07, 6.45) is 0. The first-order chi connectivity index (χ1) is 33.9. The summed E-state index contributed by atoms with van der Waals surface area (Å²) < 4.78 is 0. The van der Waals surface area contributed by atoms with Crippen molar-refractivity contribution in [2.24, 2.45) is 0 Å². The fraction of sp³-hybridized carbons (Fsp3) is 0.113. The zero-order valence-corrected chi connectivity index (χ0v) is 38.8. The van der Waals surface area contributed by atoms with Gasteiger partial charge >= 0.3 is 29.8 Å². The van der Waals surface area contributed by atoms with Crippen molar-refractivity contribution in [3.8, 4) is 0 Å². The van der Waals surface area contributed by atoms with E-state index in [1.54, 1.807) is 152 Å². The molecule has 0 aliphatic carbocycles. The summed E-state index contributed by atoms with van der Waals surface area (Å²) in [5, 5.41) is 46.2. The average molecular weight is 961 g/mol. The first-order valence-electron chi connectivity index (χ1n) is 21.0. The Bertz CT molecular complexity index is 2120. The first kappa shape index (κ1) is 59.3. The molecule has 70 heavy (non-hydrogen) atoms. The number of nitrogens with one attached hydrogen (secondary N) is 2. The van der Waals surface area contributed by atoms with E-state index in [1.165, 1.54) is 22.5 Å². The van der Waals surface area contributed by atoms with Crippen LogP contribution in [0.2, 0.25) is 0 Å². The van der Waals surface area contributed by atoms with Crippen LogP contribution in [-0.4, -0.2) is 69.2 Å². The highest BCUT2D eigenvalue weighted by molar-refractivity contribution is 5.90. The fourth-order valence-corrected chi connectivity index (χ4v) is 4.89. The molecule has 0 heterocycles. The first-order valence-corrected chi connectivity index (χ1v) is 21.0. The molecule has 0 aromatic heterocycles. The van der Waals surface area contributed by atoms with Crippen molar-refractivity contribution in [1.29, 1.82) is 0 Å². The summed E-state index contributed by atoms with van der Waals surface area (Å²) in [7, 11) is 0. The second-order valence-electron chi connectivity index (χ2n) is 13.5. The number of anilines is 2. The van der Waals surface area contributed by atoms with Gasteiger partial charge in [0.25, 0.3) is 0 Å². The van der Waals surface area contributed by atoms with Crippen molar-refractivity contribution in [1.82, 2.24) is 0 Å². The van der Waals surface area contributed by atoms with Crippen LogP contribution in [0.25, 0.3) is 0 Å². The number of hydrogen-bond donors (Lipinski definition) is 7. The van der Waals surface area contributed by atoms with Crippen molar-refractivity contribution in [3.63, 3.8) is 0 Å². The number of aryl methyl sites for hydroxylation is 2. The van der Waals surface area contributed by atoms with Gasteiger partial charge in [-0.2, -0.15) is 26.3 Å². The van der Waals surface area contributed by atoms with E-state index < -0.39 is 29.8 Å². The standard InChI is InChI=1S/2C9H13N.5C7H6O3/c2*1-3-10-9-6-4-8(2)5-7-9;5*8-7(10-9)6-4-2-1-3-5-6/h2*4-7,10H,3H2,1-2H3;5*1-5,9H. The molecule has 7 aromatic carbocycles. The molecule has 0 unspecified atom stereocenters. The molecule has 0 aliphatic rings. The van der Waals surface area contributed by atoms with Gasteiger partial charge in [0.2, 0.25) is 0 Å². The van der Waals surface area contributed by atoms with Crippen molar-refractivity contribution >= 4 is 41.2 Å². The Morgan fingerprint density at radius 2 is 0.486 bits per heavy atom. The van der Waals surface area contributed by atoms with Crippen LogP contribution in [0.15, 0.2) is 200 Å². The molecule has 0 bridgehead atoms. The van der Waals surface area contributed by atoms with Gasteiger partial charge in [0.15, 0.2) is 0 Å². The van der Waals surface area contributed by atoms with Gasteiger partial charge in [-0.25, -0.2) is 24.0 Å². The van der Waals surface area contributed by atoms with Crippen LogP contribution in [0.5, 0.6) is 0 Å². The lowest BCUT2D eigenvalue weighted by atomic mass is 10.2. The Hall–Kier alpha value is -8.71. The quantitative estimate of drug-likeness (QED) is 0.0403. The lowest BCUT2D eigenvalue weighted by molar-refractivity contribution is -0.182. The largest absolute Gasteiger partial charge is 0.385 e. The van der Waals surface area contributed by atoms with E-state index in [0.717, 1.165) is 13.1 Å². The lowest BCUT2D eigenvalue weighted by Crippen LogP contribution is -2.00. The van der Waals surface area contributed by atoms with E-state index in [0.29, 0.717) is 27.8 Å². The van der Waals surface area contributed by atoms with Gasteiger partial charge in [-0.15, -0.1) is 0 Å². The Kier molecular flexibility index (Phi) is 31.7. The highest BCUT2D eigenvalue weighted by atomic mass is 17.1. The normalized spacial score (nSPS) is 9.04. The van der Waals surface area contributed by atoms with Crippen molar-refractivity contribution in [3.05, 3.63) is 239 Å². The Balaban J connectivity index is 0.000000408. The molecular weight excluding hydrogens is 905 g/mol. The van der Waals surface area contributed by atoms with Crippen LogP contribution in [0.3, 0.4) is 0 Å². The number of hydrogen-bond acceptors (Lipinski definition) is 17. The molecule has 7 aromatic rings. The van der Waals surface area contributed by atoms with Crippen LogP contribution < -0.4 is 10.6 Å². The molecule has 0 saturated carbocycles. The number of carbonyl (C=O) groups is 5. The van der Waals surface area contributed by atoms with Gasteiger partial charge < -0.3 is 10.6 Å². The van der Waals surface area contributed by atoms with Gasteiger partial charge in [-0.05, 0) is 113 Å². The molecule has 0 atom stereocenters. The predicted octanol–water partition coefficient (Wildman–Crippen LogP) is 11.4. The molecule has 0 radical (unpaired) electrons. The van der Waals surface area contributed by atoms with E-state index in [-0.39, 0.29) is 0 Å².